The van der Waals surface area contributed by atoms with Crippen molar-refractivity contribution in [1.82, 2.24) is 4.57 Å². The molecule has 2 rings (SSSR count). The Morgan fingerprint density at radius 3 is 2.65 bits per heavy atom. The molecule has 0 fully saturated rings. The molecule has 3 nitrogen and oxygen atoms in total. The molecule has 0 radical (unpaired) electrons. The van der Waals surface area contributed by atoms with Crippen LogP contribution in [0.5, 0.6) is 5.75 Å². The van der Waals surface area contributed by atoms with Gasteiger partial charge in [-0.15, -0.1) is 0 Å². The summed E-state index contributed by atoms with van der Waals surface area (Å²) in [5.41, 5.74) is 1.26. The molecule has 1 aromatic heterocycles. The summed E-state index contributed by atoms with van der Waals surface area (Å²) in [6.45, 7) is 0. The molecule has 17 heavy (non-hydrogen) atoms. The fourth-order valence-electron chi connectivity index (χ4n) is 1.58. The molecule has 0 amide bonds. The van der Waals surface area contributed by atoms with Crippen molar-refractivity contribution in [1.29, 1.82) is 0 Å². The average molecular weight is 227 g/mol. The smallest absolute Gasteiger partial charge is 0.189 e. The van der Waals surface area contributed by atoms with Gasteiger partial charge in [0.1, 0.15) is 5.75 Å². The van der Waals surface area contributed by atoms with Crippen LogP contribution in [0.3, 0.4) is 0 Å². The molecule has 0 aliphatic heterocycles. The van der Waals surface area contributed by atoms with E-state index in [9.17, 15) is 9.90 Å². The van der Waals surface area contributed by atoms with Gasteiger partial charge in [0.15, 0.2) is 5.78 Å². The van der Waals surface area contributed by atoms with Gasteiger partial charge >= 0.3 is 0 Å². The Kier molecular flexibility index (Phi) is 3.10. The molecular formula is C14H13NO2. The Balaban J connectivity index is 2.21. The molecule has 0 spiro atoms. The fourth-order valence-corrected chi connectivity index (χ4v) is 1.58. The first-order valence-electron chi connectivity index (χ1n) is 5.30. The van der Waals surface area contributed by atoms with Crippen LogP contribution in [0.15, 0.2) is 48.7 Å². The highest BCUT2D eigenvalue weighted by molar-refractivity contribution is 6.08. The van der Waals surface area contributed by atoms with Crippen LogP contribution in [0.25, 0.3) is 6.08 Å². The zero-order chi connectivity index (χ0) is 12.3. The summed E-state index contributed by atoms with van der Waals surface area (Å²) in [5.74, 6) is -0.196. The van der Waals surface area contributed by atoms with Crippen LogP contribution < -0.4 is 0 Å². The van der Waals surface area contributed by atoms with Crippen molar-refractivity contribution < 1.29 is 9.90 Å². The first-order chi connectivity index (χ1) is 8.18. The number of hydrogen-bond donors (Lipinski definition) is 1. The van der Waals surface area contributed by atoms with Gasteiger partial charge in [-0.25, -0.2) is 0 Å². The molecule has 1 heterocycles. The summed E-state index contributed by atoms with van der Waals surface area (Å²) >= 11 is 0. The summed E-state index contributed by atoms with van der Waals surface area (Å²) in [5, 5.41) is 9.53. The predicted molar refractivity (Wildman–Crippen MR) is 66.9 cm³/mol. The first-order valence-corrected chi connectivity index (χ1v) is 5.30. The molecule has 0 saturated heterocycles. The van der Waals surface area contributed by atoms with Gasteiger partial charge in [0.25, 0.3) is 0 Å². The number of phenols is 1. The van der Waals surface area contributed by atoms with Crippen LogP contribution in [0.1, 0.15) is 16.1 Å². The van der Waals surface area contributed by atoms with Gasteiger partial charge in [0, 0.05) is 18.9 Å². The van der Waals surface area contributed by atoms with Crippen molar-refractivity contribution in [3.63, 3.8) is 0 Å². The number of carbonyl (C=O) groups is 1. The zero-order valence-corrected chi connectivity index (χ0v) is 9.50. The molecule has 0 aliphatic rings. The molecule has 86 valence electrons. The van der Waals surface area contributed by atoms with E-state index in [1.54, 1.807) is 24.3 Å². The van der Waals surface area contributed by atoms with Crippen LogP contribution in [-0.4, -0.2) is 15.5 Å². The van der Waals surface area contributed by atoms with Gasteiger partial charge in [-0.05, 0) is 36.4 Å². The third-order valence-electron chi connectivity index (χ3n) is 2.56. The lowest BCUT2D eigenvalue weighted by Crippen LogP contribution is -1.95. The van der Waals surface area contributed by atoms with E-state index in [0.717, 1.165) is 5.69 Å². The van der Waals surface area contributed by atoms with Crippen LogP contribution in [0, 0.1) is 0 Å². The number of hydrogen-bond acceptors (Lipinski definition) is 2. The summed E-state index contributed by atoms with van der Waals surface area (Å²) in [7, 11) is 1.91. The number of aromatic hydroxyl groups is 1. The van der Waals surface area contributed by atoms with Crippen molar-refractivity contribution in [2.75, 3.05) is 0 Å². The van der Waals surface area contributed by atoms with Gasteiger partial charge < -0.3 is 9.67 Å². The number of phenolic OH excluding ortho intramolecular Hbond substituents is 1. The number of nitrogens with zero attached hydrogens (tertiary/aromatic N) is 1. The average Bonchev–Trinajstić information content (AvgIpc) is 2.72. The van der Waals surface area contributed by atoms with Crippen molar-refractivity contribution in [3.8, 4) is 5.75 Å². The third kappa shape index (κ3) is 2.45. The standard InChI is InChI=1S/C14H13NO2/c1-15-10-4-5-11(15)8-9-14(17)12-6-2-3-7-13(12)16/h2-10,16H,1H3/b9-8+. The zero-order valence-electron chi connectivity index (χ0n) is 9.50. The molecule has 0 unspecified atom stereocenters. The minimum Gasteiger partial charge on any atom is -0.507 e. The maximum absolute atomic E-state index is 11.8. The second-order valence-corrected chi connectivity index (χ2v) is 3.76. The SMILES string of the molecule is Cn1cccc1/C=C/C(=O)c1ccccc1O. The van der Waals surface area contributed by atoms with Crippen molar-refractivity contribution in [2.24, 2.45) is 7.05 Å². The highest BCUT2D eigenvalue weighted by Gasteiger charge is 2.06. The topological polar surface area (TPSA) is 42.2 Å². The van der Waals surface area contributed by atoms with Gasteiger partial charge in [-0.3, -0.25) is 4.79 Å². The molecule has 2 aromatic rings. The molecular weight excluding hydrogens is 214 g/mol. The minimum atomic E-state index is -0.204. The Labute approximate surface area is 99.6 Å². The summed E-state index contributed by atoms with van der Waals surface area (Å²) in [6.07, 6.45) is 5.10. The van der Waals surface area contributed by atoms with E-state index in [2.05, 4.69) is 0 Å². The number of ketones is 1. The van der Waals surface area contributed by atoms with Gasteiger partial charge in [0.05, 0.1) is 5.56 Å². The van der Waals surface area contributed by atoms with Crippen LogP contribution in [0.4, 0.5) is 0 Å². The fraction of sp³-hybridized carbons (Fsp3) is 0.0714. The summed E-state index contributed by atoms with van der Waals surface area (Å²) in [6, 6.07) is 10.3. The first kappa shape index (κ1) is 11.2. The van der Waals surface area contributed by atoms with Crippen LogP contribution in [0.2, 0.25) is 0 Å². The number of allylic oxidation sites excluding steroid dienone is 1. The van der Waals surface area contributed by atoms with Crippen molar-refractivity contribution >= 4 is 11.9 Å². The Morgan fingerprint density at radius 1 is 1.24 bits per heavy atom. The quantitative estimate of drug-likeness (QED) is 0.647. The third-order valence-corrected chi connectivity index (χ3v) is 2.56. The van der Waals surface area contributed by atoms with E-state index in [4.69, 9.17) is 0 Å². The number of benzene rings is 1. The summed E-state index contributed by atoms with van der Waals surface area (Å²) < 4.78 is 1.91. The largest absolute Gasteiger partial charge is 0.507 e. The number of aryl methyl sites for hydroxylation is 1. The molecule has 0 bridgehead atoms. The Hall–Kier alpha value is -2.29. The Bertz CT molecular complexity index is 567. The molecule has 3 heteroatoms. The highest BCUT2D eigenvalue weighted by Crippen LogP contribution is 2.17. The number of rotatable bonds is 3. The lowest BCUT2D eigenvalue weighted by molar-refractivity contribution is 0.104. The molecule has 1 aromatic carbocycles. The summed E-state index contributed by atoms with van der Waals surface area (Å²) in [4.78, 5) is 11.8. The Morgan fingerprint density at radius 2 is 2.00 bits per heavy atom. The molecule has 0 saturated carbocycles. The maximum atomic E-state index is 11.8. The van der Waals surface area contributed by atoms with E-state index in [-0.39, 0.29) is 11.5 Å². The van der Waals surface area contributed by atoms with Gasteiger partial charge in [-0.2, -0.15) is 0 Å². The van der Waals surface area contributed by atoms with Gasteiger partial charge in [0.2, 0.25) is 0 Å². The van der Waals surface area contributed by atoms with Crippen molar-refractivity contribution in [3.05, 3.63) is 59.9 Å². The van der Waals surface area contributed by atoms with Gasteiger partial charge in [-0.1, -0.05) is 12.1 Å². The predicted octanol–water partition coefficient (Wildman–Crippen LogP) is 2.63. The van der Waals surface area contributed by atoms with E-state index in [1.165, 1.54) is 12.1 Å². The maximum Gasteiger partial charge on any atom is 0.189 e. The normalized spacial score (nSPS) is 10.9. The number of carbonyl (C=O) groups excluding carboxylic acids is 1. The second kappa shape index (κ2) is 4.70. The van der Waals surface area contributed by atoms with E-state index < -0.39 is 0 Å². The van der Waals surface area contributed by atoms with E-state index >= 15 is 0 Å². The molecule has 0 aliphatic carbocycles. The number of para-hydroxylation sites is 1. The minimum absolute atomic E-state index is 0.00836. The molecule has 0 atom stereocenters. The lowest BCUT2D eigenvalue weighted by Gasteiger charge is -1.99. The van der Waals surface area contributed by atoms with Crippen molar-refractivity contribution in [2.45, 2.75) is 0 Å². The monoisotopic (exact) mass is 227 g/mol. The van der Waals surface area contributed by atoms with E-state index in [1.807, 2.05) is 29.9 Å². The van der Waals surface area contributed by atoms with Crippen LogP contribution >= 0.6 is 0 Å². The second-order valence-electron chi connectivity index (χ2n) is 3.76. The van der Waals surface area contributed by atoms with Crippen LogP contribution in [-0.2, 0) is 7.05 Å². The molecule has 1 N–H and O–H groups in total. The highest BCUT2D eigenvalue weighted by atomic mass is 16.3. The number of aromatic nitrogens is 1. The lowest BCUT2D eigenvalue weighted by atomic mass is 10.1. The van der Waals surface area contributed by atoms with E-state index in [0.29, 0.717) is 5.56 Å².